The summed E-state index contributed by atoms with van der Waals surface area (Å²) >= 11 is 0. The Kier molecular flexibility index (Phi) is 16.8. The minimum atomic E-state index is 0.212. The molecule has 4 rings (SSSR count). The topological polar surface area (TPSA) is 58.9 Å². The van der Waals surface area contributed by atoms with Crippen LogP contribution in [0.2, 0.25) is 0 Å². The van der Waals surface area contributed by atoms with Crippen LogP contribution in [0.5, 0.6) is 23.0 Å². The Morgan fingerprint density at radius 3 is 1.02 bits per heavy atom. The number of phenolic OH excluding ortho intramolecular Hbond substituents is 2. The van der Waals surface area contributed by atoms with E-state index in [4.69, 9.17) is 9.47 Å². The average molecular weight is 735 g/mol. The van der Waals surface area contributed by atoms with Crippen LogP contribution in [0.25, 0.3) is 22.3 Å². The molecule has 1 unspecified atom stereocenters. The first-order chi connectivity index (χ1) is 25.8. The number of hydrogen-bond acceptors (Lipinski definition) is 4. The van der Waals surface area contributed by atoms with Gasteiger partial charge in [-0.1, -0.05) is 77.0 Å². The molecule has 0 saturated heterocycles. The van der Waals surface area contributed by atoms with Crippen molar-refractivity contribution in [2.24, 2.45) is 0 Å². The van der Waals surface area contributed by atoms with Gasteiger partial charge in [-0.2, -0.15) is 0 Å². The second-order valence-corrected chi connectivity index (χ2v) is 16.3. The van der Waals surface area contributed by atoms with Crippen LogP contribution in [0.3, 0.4) is 0 Å². The molecular weight excluding hydrogens is 665 g/mol. The van der Waals surface area contributed by atoms with Gasteiger partial charge in [0.25, 0.3) is 0 Å². The van der Waals surface area contributed by atoms with Gasteiger partial charge in [-0.3, -0.25) is 0 Å². The van der Waals surface area contributed by atoms with E-state index in [0.717, 1.165) is 64.3 Å². The Labute approximate surface area is 328 Å². The van der Waals surface area contributed by atoms with E-state index in [1.165, 1.54) is 117 Å². The molecular formula is C50H70O4. The predicted molar refractivity (Wildman–Crippen MR) is 230 cm³/mol. The fourth-order valence-corrected chi connectivity index (χ4v) is 7.98. The second kappa shape index (κ2) is 21.2. The van der Waals surface area contributed by atoms with E-state index in [1.807, 2.05) is 27.7 Å². The van der Waals surface area contributed by atoms with Gasteiger partial charge in [-0.25, -0.2) is 0 Å². The Hall–Kier alpha value is -3.92. The van der Waals surface area contributed by atoms with Crippen LogP contribution in [0.4, 0.5) is 0 Å². The summed E-state index contributed by atoms with van der Waals surface area (Å²) in [5, 5.41) is 20.3. The summed E-state index contributed by atoms with van der Waals surface area (Å²) in [4.78, 5) is 0. The van der Waals surface area contributed by atoms with Crippen molar-refractivity contribution in [2.45, 2.75) is 165 Å². The molecule has 0 aromatic heterocycles. The van der Waals surface area contributed by atoms with E-state index in [2.05, 4.69) is 83.1 Å². The van der Waals surface area contributed by atoms with E-state index < -0.39 is 0 Å². The quantitative estimate of drug-likeness (QED) is 0.0789. The zero-order chi connectivity index (χ0) is 39.2. The lowest BCUT2D eigenvalue weighted by Gasteiger charge is -2.20. The lowest BCUT2D eigenvalue weighted by molar-refractivity contribution is 0.203. The van der Waals surface area contributed by atoms with Crippen LogP contribution in [0, 0.1) is 55.4 Å². The van der Waals surface area contributed by atoms with Gasteiger partial charge < -0.3 is 19.7 Å². The number of phenols is 2. The van der Waals surface area contributed by atoms with E-state index >= 15 is 0 Å². The molecule has 4 aromatic rings. The SMILES string of the molecule is Cc1cc(-c2cc(C)c(OCCCCCCCCCCCCCCCCC(C)Oc3c(C)cc(-c4cc(C)c(O)c(C)c4)cc3C)c(C)c2)cc(C)c1O. The predicted octanol–water partition coefficient (Wildman–Crippen LogP) is 14.6. The lowest BCUT2D eigenvalue weighted by Crippen LogP contribution is -2.13. The molecule has 4 aromatic carbocycles. The fourth-order valence-electron chi connectivity index (χ4n) is 7.98. The Morgan fingerprint density at radius 2 is 0.667 bits per heavy atom. The Bertz CT molecular complexity index is 1710. The third-order valence-corrected chi connectivity index (χ3v) is 11.1. The largest absolute Gasteiger partial charge is 0.507 e. The summed E-state index contributed by atoms with van der Waals surface area (Å²) in [7, 11) is 0. The molecule has 54 heavy (non-hydrogen) atoms. The van der Waals surface area contributed by atoms with E-state index in [9.17, 15) is 10.2 Å². The number of ether oxygens (including phenoxy) is 2. The molecule has 0 bridgehead atoms. The molecule has 0 aliphatic carbocycles. The summed E-state index contributed by atoms with van der Waals surface area (Å²) in [6.07, 6.45) is 19.7. The zero-order valence-corrected chi connectivity index (χ0v) is 35.2. The molecule has 1 atom stereocenters. The summed E-state index contributed by atoms with van der Waals surface area (Å²) in [6, 6.07) is 17.1. The molecule has 0 amide bonds. The molecule has 4 nitrogen and oxygen atoms in total. The highest BCUT2D eigenvalue weighted by molar-refractivity contribution is 5.71. The summed E-state index contributed by atoms with van der Waals surface area (Å²) < 4.78 is 12.7. The average Bonchev–Trinajstić information content (AvgIpc) is 3.12. The summed E-state index contributed by atoms with van der Waals surface area (Å²) in [5.74, 6) is 2.81. The van der Waals surface area contributed by atoms with Crippen molar-refractivity contribution in [3.63, 3.8) is 0 Å². The normalized spacial score (nSPS) is 11.9. The first-order valence-corrected chi connectivity index (χ1v) is 21.0. The van der Waals surface area contributed by atoms with E-state index in [1.54, 1.807) is 0 Å². The molecule has 0 fully saturated rings. The molecule has 0 radical (unpaired) electrons. The highest BCUT2D eigenvalue weighted by Crippen LogP contribution is 2.36. The van der Waals surface area contributed by atoms with Crippen molar-refractivity contribution in [1.29, 1.82) is 0 Å². The molecule has 2 N–H and O–H groups in total. The van der Waals surface area contributed by atoms with Gasteiger partial charge in [0.05, 0.1) is 12.7 Å². The van der Waals surface area contributed by atoms with Crippen LogP contribution >= 0.6 is 0 Å². The zero-order valence-electron chi connectivity index (χ0n) is 35.2. The van der Waals surface area contributed by atoms with Crippen molar-refractivity contribution < 1.29 is 19.7 Å². The lowest BCUT2D eigenvalue weighted by atomic mass is 9.96. The summed E-state index contributed by atoms with van der Waals surface area (Å²) in [6.45, 7) is 19.4. The first-order valence-electron chi connectivity index (χ1n) is 21.0. The van der Waals surface area contributed by atoms with Gasteiger partial charge in [-0.05, 0) is 197 Å². The smallest absolute Gasteiger partial charge is 0.125 e. The Morgan fingerprint density at radius 1 is 0.389 bits per heavy atom. The molecule has 0 saturated carbocycles. The number of aryl methyl sites for hydroxylation is 8. The monoisotopic (exact) mass is 735 g/mol. The number of benzene rings is 4. The van der Waals surface area contributed by atoms with Crippen molar-refractivity contribution >= 4 is 0 Å². The molecule has 0 heterocycles. The van der Waals surface area contributed by atoms with E-state index in [-0.39, 0.29) is 6.10 Å². The van der Waals surface area contributed by atoms with E-state index in [0.29, 0.717) is 11.5 Å². The highest BCUT2D eigenvalue weighted by atomic mass is 16.5. The van der Waals surface area contributed by atoms with Gasteiger partial charge in [0.2, 0.25) is 0 Å². The van der Waals surface area contributed by atoms with Crippen molar-refractivity contribution in [2.75, 3.05) is 6.61 Å². The van der Waals surface area contributed by atoms with Crippen molar-refractivity contribution in [3.05, 3.63) is 93.0 Å². The maximum Gasteiger partial charge on any atom is 0.125 e. The van der Waals surface area contributed by atoms with Crippen LogP contribution in [0.1, 0.15) is 148 Å². The van der Waals surface area contributed by atoms with Crippen molar-refractivity contribution in [3.8, 4) is 45.3 Å². The number of rotatable bonds is 22. The molecule has 4 heteroatoms. The van der Waals surface area contributed by atoms with Gasteiger partial charge in [0, 0.05) is 0 Å². The van der Waals surface area contributed by atoms with Crippen LogP contribution in [-0.2, 0) is 0 Å². The standard InChI is InChI=1S/C50H70O4/c1-34-26-43(27-35(2)47(34)51)45-30-38(5)49(39(6)31-45)53-25-23-21-19-17-15-13-11-10-12-14-16-18-20-22-24-42(9)54-50-40(7)32-46(33-41(50)8)44-28-36(3)48(52)37(4)29-44/h26-33,42,51-52H,10-25H2,1-9H3. The van der Waals surface area contributed by atoms with Crippen LogP contribution in [0.15, 0.2) is 48.5 Å². The van der Waals surface area contributed by atoms with Gasteiger partial charge in [0.15, 0.2) is 0 Å². The second-order valence-electron chi connectivity index (χ2n) is 16.3. The van der Waals surface area contributed by atoms with Crippen LogP contribution in [-0.4, -0.2) is 22.9 Å². The van der Waals surface area contributed by atoms with Crippen LogP contribution < -0.4 is 9.47 Å². The summed E-state index contributed by atoms with van der Waals surface area (Å²) in [5.41, 5.74) is 13.0. The third-order valence-electron chi connectivity index (χ3n) is 11.1. The van der Waals surface area contributed by atoms with Gasteiger partial charge >= 0.3 is 0 Å². The number of hydrogen-bond donors (Lipinski definition) is 2. The van der Waals surface area contributed by atoms with Gasteiger partial charge in [0.1, 0.15) is 23.0 Å². The number of unbranched alkanes of at least 4 members (excludes halogenated alkanes) is 13. The van der Waals surface area contributed by atoms with Crippen molar-refractivity contribution in [1.82, 2.24) is 0 Å². The fraction of sp³-hybridized carbons (Fsp3) is 0.520. The Balaban J connectivity index is 0.979. The molecule has 0 spiro atoms. The minimum Gasteiger partial charge on any atom is -0.507 e. The minimum absolute atomic E-state index is 0.212. The third kappa shape index (κ3) is 12.6. The maximum absolute atomic E-state index is 10.2. The number of aromatic hydroxyl groups is 2. The molecule has 0 aliphatic rings. The first kappa shape index (κ1) is 42.8. The molecule has 0 aliphatic heterocycles. The highest BCUT2D eigenvalue weighted by Gasteiger charge is 2.14. The maximum atomic E-state index is 10.2. The van der Waals surface area contributed by atoms with Gasteiger partial charge in [-0.15, -0.1) is 0 Å². The molecule has 294 valence electrons.